The second kappa shape index (κ2) is 7.15. The lowest BCUT2D eigenvalue weighted by atomic mass is 9.92. The van der Waals surface area contributed by atoms with Crippen molar-refractivity contribution < 1.29 is 9.84 Å². The molecule has 23 heavy (non-hydrogen) atoms. The molecule has 2 aromatic rings. The molecule has 0 bridgehead atoms. The van der Waals surface area contributed by atoms with Crippen LogP contribution in [0.3, 0.4) is 0 Å². The molecule has 1 aliphatic rings. The number of rotatable bonds is 6. The van der Waals surface area contributed by atoms with Gasteiger partial charge in [0.2, 0.25) is 0 Å². The number of H-pyrrole nitrogens is 1. The molecule has 124 valence electrons. The summed E-state index contributed by atoms with van der Waals surface area (Å²) in [6.45, 7) is 6.69. The Morgan fingerprint density at radius 1 is 1.39 bits per heavy atom. The largest absolute Gasteiger partial charge is 0.491 e. The Balaban J connectivity index is 1.82. The summed E-state index contributed by atoms with van der Waals surface area (Å²) in [5.41, 5.74) is 3.61. The van der Waals surface area contributed by atoms with Crippen molar-refractivity contribution in [1.29, 1.82) is 0 Å². The topological polar surface area (TPSA) is 61.4 Å². The maximum absolute atomic E-state index is 8.99. The fraction of sp³-hybridized carbons (Fsp3) is 0.500. The van der Waals surface area contributed by atoms with Crippen molar-refractivity contribution >= 4 is 0 Å². The molecule has 0 unspecified atom stereocenters. The van der Waals surface area contributed by atoms with Crippen LogP contribution >= 0.6 is 0 Å². The van der Waals surface area contributed by atoms with E-state index in [1.165, 1.54) is 11.4 Å². The van der Waals surface area contributed by atoms with Crippen molar-refractivity contribution in [3.05, 3.63) is 47.5 Å². The second-order valence-electron chi connectivity index (χ2n) is 6.36. The number of fused-ring (bicyclic) bond motifs is 1. The summed E-state index contributed by atoms with van der Waals surface area (Å²) in [6, 6.07) is 8.40. The van der Waals surface area contributed by atoms with Gasteiger partial charge in [-0.25, -0.2) is 4.98 Å². The lowest BCUT2D eigenvalue weighted by Gasteiger charge is -2.37. The Kier molecular flexibility index (Phi) is 4.98. The quantitative estimate of drug-likeness (QED) is 0.860. The van der Waals surface area contributed by atoms with Crippen molar-refractivity contribution in [2.45, 2.75) is 32.9 Å². The molecule has 0 saturated heterocycles. The average Bonchev–Trinajstić information content (AvgIpc) is 3.02. The molecule has 0 aliphatic carbocycles. The summed E-state index contributed by atoms with van der Waals surface area (Å²) in [4.78, 5) is 10.3. The highest BCUT2D eigenvalue weighted by molar-refractivity contribution is 5.34. The van der Waals surface area contributed by atoms with Gasteiger partial charge in [0.05, 0.1) is 24.7 Å². The fourth-order valence-electron chi connectivity index (χ4n) is 3.42. The molecular formula is C18H25N3O2. The van der Waals surface area contributed by atoms with E-state index < -0.39 is 0 Å². The Morgan fingerprint density at radius 3 is 3.00 bits per heavy atom. The van der Waals surface area contributed by atoms with Gasteiger partial charge in [-0.05, 0) is 12.0 Å². The first-order valence-corrected chi connectivity index (χ1v) is 8.28. The normalized spacial score (nSPS) is 18.2. The van der Waals surface area contributed by atoms with Gasteiger partial charge < -0.3 is 14.8 Å². The summed E-state index contributed by atoms with van der Waals surface area (Å²) in [7, 11) is 0. The van der Waals surface area contributed by atoms with Crippen LogP contribution in [-0.4, -0.2) is 39.7 Å². The lowest BCUT2D eigenvalue weighted by Crippen LogP contribution is -2.37. The van der Waals surface area contributed by atoms with Crippen molar-refractivity contribution in [1.82, 2.24) is 14.9 Å². The van der Waals surface area contributed by atoms with E-state index >= 15 is 0 Å². The van der Waals surface area contributed by atoms with Gasteiger partial charge in [-0.15, -0.1) is 0 Å². The predicted molar refractivity (Wildman–Crippen MR) is 89.3 cm³/mol. The van der Waals surface area contributed by atoms with Crippen LogP contribution in [0.15, 0.2) is 30.6 Å². The Labute approximate surface area is 137 Å². The lowest BCUT2D eigenvalue weighted by molar-refractivity contribution is 0.129. The molecule has 3 rings (SSSR count). The number of para-hydroxylation sites is 1. The molecule has 1 aromatic carbocycles. The predicted octanol–water partition coefficient (Wildman–Crippen LogP) is 2.54. The number of hydrogen-bond donors (Lipinski definition) is 2. The van der Waals surface area contributed by atoms with Gasteiger partial charge >= 0.3 is 0 Å². The third kappa shape index (κ3) is 3.41. The van der Waals surface area contributed by atoms with Crippen LogP contribution in [-0.2, 0) is 13.0 Å². The standard InChI is InChI=1S/C18H25N3O2/c1-13(2)18-17-15(19-12-20-17)7-8-21(18)11-14-5-3-4-6-16(14)23-10-9-22/h3-6,12-13,18,22H,7-11H2,1-2H3,(H,19,20)/t18-/m0/s1. The molecule has 0 radical (unpaired) electrons. The molecule has 0 amide bonds. The zero-order chi connectivity index (χ0) is 16.2. The van der Waals surface area contributed by atoms with Crippen LogP contribution in [0.2, 0.25) is 0 Å². The molecular weight excluding hydrogens is 290 g/mol. The monoisotopic (exact) mass is 315 g/mol. The summed E-state index contributed by atoms with van der Waals surface area (Å²) >= 11 is 0. The molecule has 1 aromatic heterocycles. The van der Waals surface area contributed by atoms with E-state index in [1.54, 1.807) is 0 Å². The van der Waals surface area contributed by atoms with Crippen molar-refractivity contribution in [2.75, 3.05) is 19.8 Å². The SMILES string of the molecule is CC(C)[C@H]1c2nc[nH]c2CCN1Cc1ccccc1OCCO. The van der Waals surface area contributed by atoms with E-state index in [2.05, 4.69) is 34.8 Å². The Bertz CT molecular complexity index is 639. The first kappa shape index (κ1) is 16.0. The fourth-order valence-corrected chi connectivity index (χ4v) is 3.42. The molecule has 5 nitrogen and oxygen atoms in total. The van der Waals surface area contributed by atoms with Crippen molar-refractivity contribution in [2.24, 2.45) is 5.92 Å². The molecule has 1 aliphatic heterocycles. The molecule has 0 spiro atoms. The van der Waals surface area contributed by atoms with E-state index in [-0.39, 0.29) is 6.61 Å². The number of aliphatic hydroxyl groups excluding tert-OH is 1. The smallest absolute Gasteiger partial charge is 0.123 e. The van der Waals surface area contributed by atoms with E-state index in [4.69, 9.17) is 9.84 Å². The van der Waals surface area contributed by atoms with Crippen LogP contribution in [0.25, 0.3) is 0 Å². The van der Waals surface area contributed by atoms with Gasteiger partial charge in [-0.1, -0.05) is 32.0 Å². The molecule has 0 fully saturated rings. The third-order valence-corrected chi connectivity index (χ3v) is 4.40. The van der Waals surface area contributed by atoms with Crippen LogP contribution in [0, 0.1) is 5.92 Å². The minimum absolute atomic E-state index is 0.0310. The number of aliphatic hydroxyl groups is 1. The number of imidazole rings is 1. The van der Waals surface area contributed by atoms with Gasteiger partial charge in [0, 0.05) is 30.8 Å². The van der Waals surface area contributed by atoms with Crippen molar-refractivity contribution in [3.8, 4) is 5.75 Å². The Hall–Kier alpha value is -1.85. The highest BCUT2D eigenvalue weighted by atomic mass is 16.5. The van der Waals surface area contributed by atoms with Crippen LogP contribution < -0.4 is 4.74 Å². The highest BCUT2D eigenvalue weighted by Gasteiger charge is 2.32. The zero-order valence-electron chi connectivity index (χ0n) is 13.8. The molecule has 0 saturated carbocycles. The maximum Gasteiger partial charge on any atom is 0.123 e. The third-order valence-electron chi connectivity index (χ3n) is 4.40. The number of ether oxygens (including phenoxy) is 1. The highest BCUT2D eigenvalue weighted by Crippen LogP contribution is 2.35. The summed E-state index contributed by atoms with van der Waals surface area (Å²) in [5, 5.41) is 8.99. The maximum atomic E-state index is 8.99. The van der Waals surface area contributed by atoms with Gasteiger partial charge in [0.25, 0.3) is 0 Å². The molecule has 5 heteroatoms. The second-order valence-corrected chi connectivity index (χ2v) is 6.36. The van der Waals surface area contributed by atoms with E-state index in [1.807, 2.05) is 24.5 Å². The average molecular weight is 315 g/mol. The number of nitrogens with zero attached hydrogens (tertiary/aromatic N) is 2. The van der Waals surface area contributed by atoms with Gasteiger partial charge in [0.15, 0.2) is 0 Å². The molecule has 1 atom stereocenters. The number of benzene rings is 1. The number of nitrogens with one attached hydrogen (secondary N) is 1. The Morgan fingerprint density at radius 2 is 2.22 bits per heavy atom. The van der Waals surface area contributed by atoms with E-state index in [0.29, 0.717) is 18.6 Å². The summed E-state index contributed by atoms with van der Waals surface area (Å²) in [6.07, 6.45) is 2.81. The number of aromatic amines is 1. The van der Waals surface area contributed by atoms with Gasteiger partial charge in [-0.3, -0.25) is 4.90 Å². The number of aromatic nitrogens is 2. The summed E-state index contributed by atoms with van der Waals surface area (Å²) in [5.74, 6) is 1.35. The summed E-state index contributed by atoms with van der Waals surface area (Å²) < 4.78 is 5.68. The zero-order valence-corrected chi connectivity index (χ0v) is 13.8. The van der Waals surface area contributed by atoms with Crippen LogP contribution in [0.1, 0.15) is 36.8 Å². The number of hydrogen-bond acceptors (Lipinski definition) is 4. The van der Waals surface area contributed by atoms with E-state index in [0.717, 1.165) is 30.8 Å². The first-order valence-electron chi connectivity index (χ1n) is 8.28. The van der Waals surface area contributed by atoms with Gasteiger partial charge in [-0.2, -0.15) is 0 Å². The minimum atomic E-state index is 0.0310. The molecule has 2 heterocycles. The van der Waals surface area contributed by atoms with Gasteiger partial charge in [0.1, 0.15) is 12.4 Å². The van der Waals surface area contributed by atoms with Crippen LogP contribution in [0.5, 0.6) is 5.75 Å². The first-order chi connectivity index (χ1) is 11.2. The minimum Gasteiger partial charge on any atom is -0.491 e. The van der Waals surface area contributed by atoms with Crippen LogP contribution in [0.4, 0.5) is 0 Å². The van der Waals surface area contributed by atoms with E-state index in [9.17, 15) is 0 Å². The molecule has 2 N–H and O–H groups in total. The van der Waals surface area contributed by atoms with Crippen molar-refractivity contribution in [3.63, 3.8) is 0 Å².